The van der Waals surface area contributed by atoms with Crippen molar-refractivity contribution in [1.82, 2.24) is 19.5 Å². The number of benzene rings is 2. The third kappa shape index (κ3) is 4.70. The molecule has 0 fully saturated rings. The summed E-state index contributed by atoms with van der Waals surface area (Å²) in [4.78, 5) is 13.4. The maximum Gasteiger partial charge on any atom is 0.222 e. The van der Waals surface area contributed by atoms with Crippen LogP contribution in [0.2, 0.25) is 0 Å². The van der Waals surface area contributed by atoms with Crippen LogP contribution in [-0.4, -0.2) is 26.6 Å². The molecule has 0 aliphatic rings. The van der Waals surface area contributed by atoms with Crippen LogP contribution in [-0.2, 0) is 6.42 Å². The smallest absolute Gasteiger partial charge is 0.222 e. The SMILES string of the molecule is COc1cc(Cc2nc(C)cc(Oc3cccc(C#N)c3)n2)ccc1-n1cnc(C)c1. The van der Waals surface area contributed by atoms with Crippen LogP contribution in [0.25, 0.3) is 5.69 Å². The van der Waals surface area contributed by atoms with Crippen LogP contribution >= 0.6 is 0 Å². The fourth-order valence-corrected chi connectivity index (χ4v) is 3.26. The Morgan fingerprint density at radius 1 is 1.03 bits per heavy atom. The van der Waals surface area contributed by atoms with Crippen molar-refractivity contribution in [2.75, 3.05) is 7.11 Å². The van der Waals surface area contributed by atoms with Gasteiger partial charge in [-0.25, -0.2) is 9.97 Å². The van der Waals surface area contributed by atoms with E-state index in [1.54, 1.807) is 43.8 Å². The van der Waals surface area contributed by atoms with Gasteiger partial charge in [0.15, 0.2) is 0 Å². The number of aryl methyl sites for hydroxylation is 2. The highest BCUT2D eigenvalue weighted by molar-refractivity contribution is 5.49. The van der Waals surface area contributed by atoms with Crippen LogP contribution < -0.4 is 9.47 Å². The number of methoxy groups -OCH3 is 1. The Balaban J connectivity index is 1.58. The van der Waals surface area contributed by atoms with Crippen molar-refractivity contribution in [3.05, 3.63) is 89.4 Å². The van der Waals surface area contributed by atoms with Crippen molar-refractivity contribution in [2.45, 2.75) is 20.3 Å². The fourth-order valence-electron chi connectivity index (χ4n) is 3.26. The van der Waals surface area contributed by atoms with E-state index in [0.29, 0.717) is 29.4 Å². The average molecular weight is 411 g/mol. The summed E-state index contributed by atoms with van der Waals surface area (Å²) in [5.74, 6) is 2.38. The molecule has 4 rings (SSSR count). The molecule has 0 unspecified atom stereocenters. The van der Waals surface area contributed by atoms with Gasteiger partial charge in [0.25, 0.3) is 0 Å². The number of hydrogen-bond donors (Lipinski definition) is 0. The van der Waals surface area contributed by atoms with Gasteiger partial charge in [0.05, 0.1) is 36.5 Å². The first kappa shape index (κ1) is 20.1. The molecule has 0 bridgehead atoms. The molecular formula is C24H21N5O2. The molecule has 4 aromatic rings. The van der Waals surface area contributed by atoms with Gasteiger partial charge in [0.1, 0.15) is 17.3 Å². The van der Waals surface area contributed by atoms with Crippen molar-refractivity contribution in [3.63, 3.8) is 0 Å². The minimum Gasteiger partial charge on any atom is -0.495 e. The van der Waals surface area contributed by atoms with E-state index < -0.39 is 0 Å². The molecule has 0 saturated carbocycles. The molecule has 0 N–H and O–H groups in total. The number of nitriles is 1. The Morgan fingerprint density at radius 3 is 2.65 bits per heavy atom. The van der Waals surface area contributed by atoms with Gasteiger partial charge in [-0.2, -0.15) is 10.2 Å². The Bertz CT molecular complexity index is 1270. The third-order valence-electron chi connectivity index (χ3n) is 4.66. The monoisotopic (exact) mass is 411 g/mol. The van der Waals surface area contributed by atoms with E-state index in [9.17, 15) is 0 Å². The Morgan fingerprint density at radius 2 is 1.90 bits per heavy atom. The summed E-state index contributed by atoms with van der Waals surface area (Å²) in [6, 6.07) is 16.9. The van der Waals surface area contributed by atoms with E-state index in [2.05, 4.69) is 21.0 Å². The summed E-state index contributed by atoms with van der Waals surface area (Å²) in [5.41, 5.74) is 4.20. The molecule has 2 aromatic carbocycles. The molecule has 0 aliphatic heterocycles. The predicted molar refractivity (Wildman–Crippen MR) is 116 cm³/mol. The molecule has 0 aliphatic carbocycles. The molecule has 7 nitrogen and oxygen atoms in total. The lowest BCUT2D eigenvalue weighted by Crippen LogP contribution is -2.02. The van der Waals surface area contributed by atoms with Crippen LogP contribution in [0.3, 0.4) is 0 Å². The number of imidazole rings is 1. The number of ether oxygens (including phenoxy) is 2. The maximum atomic E-state index is 9.07. The number of hydrogen-bond acceptors (Lipinski definition) is 6. The van der Waals surface area contributed by atoms with E-state index >= 15 is 0 Å². The summed E-state index contributed by atoms with van der Waals surface area (Å²) in [6.45, 7) is 3.84. The highest BCUT2D eigenvalue weighted by Crippen LogP contribution is 2.26. The molecule has 2 heterocycles. The summed E-state index contributed by atoms with van der Waals surface area (Å²) < 4.78 is 13.4. The van der Waals surface area contributed by atoms with Gasteiger partial charge in [0.2, 0.25) is 5.88 Å². The maximum absolute atomic E-state index is 9.07. The third-order valence-corrected chi connectivity index (χ3v) is 4.66. The van der Waals surface area contributed by atoms with Crippen molar-refractivity contribution in [2.24, 2.45) is 0 Å². The van der Waals surface area contributed by atoms with Gasteiger partial charge in [-0.05, 0) is 49.7 Å². The van der Waals surface area contributed by atoms with E-state index in [1.165, 1.54) is 0 Å². The van der Waals surface area contributed by atoms with Crippen molar-refractivity contribution in [1.29, 1.82) is 5.26 Å². The molecule has 154 valence electrons. The number of aromatic nitrogens is 4. The van der Waals surface area contributed by atoms with E-state index in [1.807, 2.05) is 42.8 Å². The molecule has 0 spiro atoms. The van der Waals surface area contributed by atoms with Crippen molar-refractivity contribution < 1.29 is 9.47 Å². The minimum atomic E-state index is 0.440. The van der Waals surface area contributed by atoms with Gasteiger partial charge in [-0.3, -0.25) is 0 Å². The summed E-state index contributed by atoms with van der Waals surface area (Å²) >= 11 is 0. The number of rotatable bonds is 6. The molecule has 7 heteroatoms. The molecule has 2 aromatic heterocycles. The second-order valence-corrected chi connectivity index (χ2v) is 7.11. The second-order valence-electron chi connectivity index (χ2n) is 7.11. The highest BCUT2D eigenvalue weighted by Gasteiger charge is 2.11. The summed E-state index contributed by atoms with van der Waals surface area (Å²) in [7, 11) is 1.65. The Labute approximate surface area is 180 Å². The molecule has 0 radical (unpaired) electrons. The van der Waals surface area contributed by atoms with Gasteiger partial charge in [-0.1, -0.05) is 12.1 Å². The van der Waals surface area contributed by atoms with E-state index in [4.69, 9.17) is 14.7 Å². The molecular weight excluding hydrogens is 390 g/mol. The normalized spacial score (nSPS) is 10.5. The minimum absolute atomic E-state index is 0.440. The highest BCUT2D eigenvalue weighted by atomic mass is 16.5. The van der Waals surface area contributed by atoms with E-state index in [-0.39, 0.29) is 0 Å². The van der Waals surface area contributed by atoms with Crippen LogP contribution in [0.4, 0.5) is 0 Å². The van der Waals surface area contributed by atoms with Gasteiger partial charge in [-0.15, -0.1) is 0 Å². The quantitative estimate of drug-likeness (QED) is 0.463. The van der Waals surface area contributed by atoms with Crippen LogP contribution in [0.5, 0.6) is 17.4 Å². The first-order valence-electron chi connectivity index (χ1n) is 9.74. The lowest BCUT2D eigenvalue weighted by molar-refractivity contribution is 0.412. The fraction of sp³-hybridized carbons (Fsp3) is 0.167. The molecule has 31 heavy (non-hydrogen) atoms. The van der Waals surface area contributed by atoms with Crippen LogP contribution in [0, 0.1) is 25.2 Å². The number of nitrogens with zero attached hydrogens (tertiary/aromatic N) is 5. The lowest BCUT2D eigenvalue weighted by Gasteiger charge is -2.12. The first-order chi connectivity index (χ1) is 15.0. The molecule has 0 saturated heterocycles. The second kappa shape index (κ2) is 8.67. The van der Waals surface area contributed by atoms with Gasteiger partial charge < -0.3 is 14.0 Å². The Kier molecular flexibility index (Phi) is 5.63. The average Bonchev–Trinajstić information content (AvgIpc) is 3.19. The largest absolute Gasteiger partial charge is 0.495 e. The van der Waals surface area contributed by atoms with Gasteiger partial charge in [0, 0.05) is 24.4 Å². The van der Waals surface area contributed by atoms with Crippen molar-refractivity contribution in [3.8, 4) is 29.1 Å². The summed E-state index contributed by atoms with van der Waals surface area (Å²) in [5, 5.41) is 9.07. The van der Waals surface area contributed by atoms with Gasteiger partial charge >= 0.3 is 0 Å². The first-order valence-corrected chi connectivity index (χ1v) is 9.74. The predicted octanol–water partition coefficient (Wildman–Crippen LogP) is 4.54. The Hall–Kier alpha value is -4.18. The summed E-state index contributed by atoms with van der Waals surface area (Å²) in [6.07, 6.45) is 4.24. The van der Waals surface area contributed by atoms with E-state index in [0.717, 1.165) is 28.4 Å². The van der Waals surface area contributed by atoms with Crippen LogP contribution in [0.15, 0.2) is 61.1 Å². The topological polar surface area (TPSA) is 85.9 Å². The zero-order valence-corrected chi connectivity index (χ0v) is 17.5. The molecule has 0 amide bonds. The van der Waals surface area contributed by atoms with Crippen LogP contribution in [0.1, 0.15) is 28.3 Å². The standard InChI is InChI=1S/C24H21N5O2/c1-16-9-24(31-20-6-4-5-19(10-20)13-25)28-23(27-16)12-18-7-8-21(22(11-18)30-3)29-14-17(2)26-15-29/h4-11,14-15H,12H2,1-3H3. The zero-order valence-electron chi connectivity index (χ0n) is 17.5. The zero-order chi connectivity index (χ0) is 21.8. The van der Waals surface area contributed by atoms with Crippen molar-refractivity contribution >= 4 is 0 Å². The lowest BCUT2D eigenvalue weighted by atomic mass is 10.1. The molecule has 0 atom stereocenters.